The second-order valence-corrected chi connectivity index (χ2v) is 1.21. The van der Waals surface area contributed by atoms with E-state index in [0.717, 1.165) is 0 Å². The molecule has 38 valence electrons. The number of alkyl halides is 1. The fourth-order valence-corrected chi connectivity index (χ4v) is 0. The first-order chi connectivity index (χ1) is 2.73. The molecule has 0 rings (SSSR count). The molecule has 0 aromatic heterocycles. The second-order valence-electron chi connectivity index (χ2n) is 1.21. The topological polar surface area (TPSA) is 0 Å². The lowest BCUT2D eigenvalue weighted by Crippen LogP contribution is -1.43. The molecule has 0 nitrogen and oxygen atoms in total. The van der Waals surface area contributed by atoms with Gasteiger partial charge < -0.3 is 0 Å². The number of allylic oxidation sites excluding steroid dienone is 1. The van der Waals surface area contributed by atoms with Gasteiger partial charge in [-0.05, 0) is 19.7 Å². The molecule has 0 fully saturated rings. The first-order valence-corrected chi connectivity index (χ1v) is 3.32. The average molecular weight is 151 g/mol. The molecule has 0 spiro atoms. The highest BCUT2D eigenvalue weighted by molar-refractivity contribution is 9.08. The summed E-state index contributed by atoms with van der Waals surface area (Å²) in [5.74, 6) is 1.81. The van der Waals surface area contributed by atoms with Gasteiger partial charge in [0.2, 0.25) is 0 Å². The predicted molar refractivity (Wildman–Crippen MR) is 35.3 cm³/mol. The van der Waals surface area contributed by atoms with Gasteiger partial charge in [0.15, 0.2) is 0 Å². The van der Waals surface area contributed by atoms with Crippen LogP contribution >= 0.6 is 15.9 Å². The lowest BCUT2D eigenvalue weighted by Gasteiger charge is -1.65. The Morgan fingerprint density at radius 3 is 1.33 bits per heavy atom. The molecule has 0 aromatic carbocycles. The van der Waals surface area contributed by atoms with Crippen LogP contribution in [0, 0.1) is 0 Å². The van der Waals surface area contributed by atoms with Gasteiger partial charge in [-0.2, -0.15) is 0 Å². The molecule has 1 heteroatoms. The van der Waals surface area contributed by atoms with E-state index in [1.54, 1.807) is 0 Å². The van der Waals surface area contributed by atoms with E-state index in [9.17, 15) is 0 Å². The quantitative estimate of drug-likeness (QED) is 0.368. The molecule has 0 heterocycles. The molecule has 0 aliphatic carbocycles. The van der Waals surface area contributed by atoms with Gasteiger partial charge in [0.25, 0.3) is 0 Å². The van der Waals surface area contributed by atoms with Crippen LogP contribution in [0.1, 0.15) is 13.8 Å². The fourth-order valence-electron chi connectivity index (χ4n) is 0. The van der Waals surface area contributed by atoms with E-state index >= 15 is 0 Å². The molecule has 0 unspecified atom stereocenters. The van der Waals surface area contributed by atoms with Gasteiger partial charge in [0.05, 0.1) is 0 Å². The monoisotopic (exact) mass is 150 g/mol. The summed E-state index contributed by atoms with van der Waals surface area (Å²) in [5.41, 5.74) is 1.17. The molecule has 0 aliphatic rings. The van der Waals surface area contributed by atoms with Crippen molar-refractivity contribution in [3.05, 3.63) is 12.2 Å². The Hall–Kier alpha value is 0.220. The van der Waals surface area contributed by atoms with E-state index in [1.807, 2.05) is 19.7 Å². The Kier molecular flexibility index (Phi) is 14.2. The third-order valence-corrected chi connectivity index (χ3v) is 0. The minimum absolute atomic E-state index is 1.17. The number of rotatable bonds is 0. The average Bonchev–Trinajstić information content (AvgIpc) is 1.41. The first-order valence-electron chi connectivity index (χ1n) is 1.73. The zero-order chi connectivity index (χ0) is 5.58. The van der Waals surface area contributed by atoms with Crippen LogP contribution in [0.5, 0.6) is 0 Å². The Balaban J connectivity index is 0. The maximum atomic E-state index is 3.56. The maximum absolute atomic E-state index is 3.56. The summed E-state index contributed by atoms with van der Waals surface area (Å²) < 4.78 is 0. The SMILES string of the molecule is C=C(C)C.CBr. The normalized spacial score (nSPS) is 5.33. The summed E-state index contributed by atoms with van der Waals surface area (Å²) in [4.78, 5) is 0. The van der Waals surface area contributed by atoms with Gasteiger partial charge in [-0.15, -0.1) is 6.58 Å². The number of hydrogen-bond acceptors (Lipinski definition) is 0. The molecule has 0 amide bonds. The van der Waals surface area contributed by atoms with Gasteiger partial charge in [-0.25, -0.2) is 0 Å². The predicted octanol–water partition coefficient (Wildman–Crippen LogP) is 2.59. The van der Waals surface area contributed by atoms with Crippen LogP contribution < -0.4 is 0 Å². The van der Waals surface area contributed by atoms with Crippen LogP contribution in [0.15, 0.2) is 12.2 Å². The summed E-state index contributed by atoms with van der Waals surface area (Å²) >= 11 is 2.94. The van der Waals surface area contributed by atoms with Crippen LogP contribution in [-0.2, 0) is 0 Å². The summed E-state index contributed by atoms with van der Waals surface area (Å²) in [6, 6.07) is 0. The van der Waals surface area contributed by atoms with Gasteiger partial charge in [-0.1, -0.05) is 21.5 Å². The van der Waals surface area contributed by atoms with Crippen molar-refractivity contribution in [2.24, 2.45) is 0 Å². The first kappa shape index (κ1) is 9.52. The van der Waals surface area contributed by atoms with Crippen molar-refractivity contribution in [1.29, 1.82) is 0 Å². The fraction of sp³-hybridized carbons (Fsp3) is 0.600. The summed E-state index contributed by atoms with van der Waals surface area (Å²) in [5, 5.41) is 0. The standard InChI is InChI=1S/C4H8.CH3Br/c1-4(2)3;1-2/h1H2,2-3H3;1H3. The number of halogens is 1. The third kappa shape index (κ3) is 904. The van der Waals surface area contributed by atoms with Gasteiger partial charge in [0, 0.05) is 0 Å². The molecule has 0 saturated heterocycles. The summed E-state index contributed by atoms with van der Waals surface area (Å²) in [6.45, 7) is 7.50. The second kappa shape index (κ2) is 8.97. The highest BCUT2D eigenvalue weighted by Gasteiger charge is 1.51. The van der Waals surface area contributed by atoms with Crippen molar-refractivity contribution >= 4 is 15.9 Å². The molecule has 0 aliphatic heterocycles. The Labute approximate surface area is 48.4 Å². The van der Waals surface area contributed by atoms with E-state index in [4.69, 9.17) is 0 Å². The van der Waals surface area contributed by atoms with Gasteiger partial charge >= 0.3 is 0 Å². The van der Waals surface area contributed by atoms with Gasteiger partial charge in [0.1, 0.15) is 0 Å². The van der Waals surface area contributed by atoms with Crippen molar-refractivity contribution in [1.82, 2.24) is 0 Å². The van der Waals surface area contributed by atoms with Crippen molar-refractivity contribution in [2.45, 2.75) is 13.8 Å². The molecule has 0 N–H and O–H groups in total. The van der Waals surface area contributed by atoms with E-state index < -0.39 is 0 Å². The zero-order valence-corrected chi connectivity index (χ0v) is 6.17. The molecule has 0 atom stereocenters. The van der Waals surface area contributed by atoms with Crippen LogP contribution in [0.4, 0.5) is 0 Å². The number of hydrogen-bond donors (Lipinski definition) is 0. The van der Waals surface area contributed by atoms with Crippen molar-refractivity contribution in [2.75, 3.05) is 5.83 Å². The minimum atomic E-state index is 1.17. The van der Waals surface area contributed by atoms with Crippen molar-refractivity contribution < 1.29 is 0 Å². The largest absolute Gasteiger partial charge is 0.100 e. The molecule has 6 heavy (non-hydrogen) atoms. The van der Waals surface area contributed by atoms with Crippen molar-refractivity contribution in [3.8, 4) is 0 Å². The van der Waals surface area contributed by atoms with Gasteiger partial charge in [-0.3, -0.25) is 0 Å². The molecular formula is C5H11Br. The van der Waals surface area contributed by atoms with Crippen LogP contribution in [0.25, 0.3) is 0 Å². The smallest absolute Gasteiger partial charge is 0.00848 e. The lowest BCUT2D eigenvalue weighted by atomic mass is 10.4. The lowest BCUT2D eigenvalue weighted by molar-refractivity contribution is 1.42. The highest BCUT2D eigenvalue weighted by atomic mass is 79.9. The summed E-state index contributed by atoms with van der Waals surface area (Å²) in [7, 11) is 0. The van der Waals surface area contributed by atoms with Crippen molar-refractivity contribution in [3.63, 3.8) is 0 Å². The Morgan fingerprint density at radius 2 is 1.33 bits per heavy atom. The Morgan fingerprint density at radius 1 is 1.33 bits per heavy atom. The van der Waals surface area contributed by atoms with Crippen LogP contribution in [0.3, 0.4) is 0 Å². The molecule has 0 bridgehead atoms. The van der Waals surface area contributed by atoms with Crippen LogP contribution in [-0.4, -0.2) is 5.83 Å². The van der Waals surface area contributed by atoms with E-state index in [2.05, 4.69) is 22.5 Å². The Bertz CT molecular complexity index is 26.9. The molecule has 0 radical (unpaired) electrons. The minimum Gasteiger partial charge on any atom is -0.100 e. The highest BCUT2D eigenvalue weighted by Crippen LogP contribution is 1.73. The van der Waals surface area contributed by atoms with Crippen LogP contribution in [0.2, 0.25) is 0 Å². The van der Waals surface area contributed by atoms with E-state index in [0.29, 0.717) is 0 Å². The third-order valence-electron chi connectivity index (χ3n) is 0. The summed E-state index contributed by atoms with van der Waals surface area (Å²) in [6.07, 6.45) is 0. The molecular weight excluding hydrogens is 140 g/mol. The maximum Gasteiger partial charge on any atom is -0.00848 e. The molecule has 0 aromatic rings. The van der Waals surface area contributed by atoms with E-state index in [-0.39, 0.29) is 0 Å². The zero-order valence-electron chi connectivity index (χ0n) is 4.59. The molecule has 0 saturated carbocycles. The van der Waals surface area contributed by atoms with E-state index in [1.165, 1.54) is 5.57 Å².